The van der Waals surface area contributed by atoms with E-state index in [0.717, 1.165) is 0 Å². The number of hydrogen-bond acceptors (Lipinski definition) is 5. The second kappa shape index (κ2) is 8.22. The highest BCUT2D eigenvalue weighted by molar-refractivity contribution is 5.95. The topological polar surface area (TPSA) is 75.9 Å². The summed E-state index contributed by atoms with van der Waals surface area (Å²) < 4.78 is 39.0. The number of hydrogen-bond donors (Lipinski definition) is 0. The van der Waals surface area contributed by atoms with E-state index in [1.54, 1.807) is 20.8 Å². The second-order valence-corrected chi connectivity index (χ2v) is 8.59. The summed E-state index contributed by atoms with van der Waals surface area (Å²) in [7, 11) is 0. The molecule has 0 radical (unpaired) electrons. The van der Waals surface area contributed by atoms with Crippen LogP contribution in [0.1, 0.15) is 31.1 Å². The Labute approximate surface area is 183 Å². The van der Waals surface area contributed by atoms with Crippen LogP contribution in [0.15, 0.2) is 40.8 Å². The van der Waals surface area contributed by atoms with E-state index in [2.05, 4.69) is 4.98 Å². The standard InChI is InChI=1S/C23H23F2N3O4/c1-23(2,3)32-22(30)28-10-8-27(9-11-28)21(29)16-6-4-14(12-17(16)25)20-26-18-7-5-15(24)13-19(18)31-20/h4-7,12-13H,8-11H2,1-3H3. The zero-order valence-corrected chi connectivity index (χ0v) is 18.0. The SMILES string of the molecule is CC(C)(C)OC(=O)N1CCN(C(=O)c2ccc(-c3nc4ccc(F)cc4o3)cc2F)CC1. The molecule has 1 aliphatic rings. The largest absolute Gasteiger partial charge is 0.444 e. The van der Waals surface area contributed by atoms with Gasteiger partial charge in [-0.15, -0.1) is 0 Å². The van der Waals surface area contributed by atoms with Crippen LogP contribution >= 0.6 is 0 Å². The second-order valence-electron chi connectivity index (χ2n) is 8.59. The van der Waals surface area contributed by atoms with Gasteiger partial charge in [-0.25, -0.2) is 18.6 Å². The van der Waals surface area contributed by atoms with E-state index >= 15 is 0 Å². The van der Waals surface area contributed by atoms with Crippen molar-refractivity contribution in [2.75, 3.05) is 26.2 Å². The van der Waals surface area contributed by atoms with Crippen molar-refractivity contribution in [3.63, 3.8) is 0 Å². The Morgan fingerprint density at radius 2 is 1.69 bits per heavy atom. The van der Waals surface area contributed by atoms with Crippen LogP contribution in [0, 0.1) is 11.6 Å². The summed E-state index contributed by atoms with van der Waals surface area (Å²) >= 11 is 0. The Morgan fingerprint density at radius 1 is 1.00 bits per heavy atom. The maximum absolute atomic E-state index is 14.8. The molecule has 1 aromatic heterocycles. The number of fused-ring (bicyclic) bond motifs is 1. The lowest BCUT2D eigenvalue weighted by molar-refractivity contribution is 0.0140. The number of rotatable bonds is 2. The van der Waals surface area contributed by atoms with Crippen molar-refractivity contribution in [3.05, 3.63) is 53.6 Å². The minimum Gasteiger partial charge on any atom is -0.444 e. The van der Waals surface area contributed by atoms with Gasteiger partial charge in [0.2, 0.25) is 5.89 Å². The maximum Gasteiger partial charge on any atom is 0.410 e. The highest BCUT2D eigenvalue weighted by Gasteiger charge is 2.29. The van der Waals surface area contributed by atoms with Crippen LogP contribution in [-0.4, -0.2) is 58.6 Å². The van der Waals surface area contributed by atoms with Crippen molar-refractivity contribution < 1.29 is 27.5 Å². The predicted octanol–water partition coefficient (Wildman–Crippen LogP) is 4.47. The fourth-order valence-electron chi connectivity index (χ4n) is 3.43. The van der Waals surface area contributed by atoms with Crippen LogP contribution < -0.4 is 0 Å². The molecule has 2 aromatic carbocycles. The molecule has 2 heterocycles. The van der Waals surface area contributed by atoms with Crippen molar-refractivity contribution in [3.8, 4) is 11.5 Å². The lowest BCUT2D eigenvalue weighted by Gasteiger charge is -2.35. The fourth-order valence-corrected chi connectivity index (χ4v) is 3.43. The number of halogens is 2. The van der Waals surface area contributed by atoms with Gasteiger partial charge in [-0.2, -0.15) is 0 Å². The number of carbonyl (C=O) groups is 2. The first-order valence-corrected chi connectivity index (χ1v) is 10.2. The van der Waals surface area contributed by atoms with E-state index < -0.39 is 29.2 Å². The lowest BCUT2D eigenvalue weighted by atomic mass is 10.1. The molecule has 4 rings (SSSR count). The van der Waals surface area contributed by atoms with Crippen LogP contribution in [-0.2, 0) is 4.74 Å². The number of piperazine rings is 1. The summed E-state index contributed by atoms with van der Waals surface area (Å²) in [6, 6.07) is 8.03. The van der Waals surface area contributed by atoms with Gasteiger partial charge in [-0.05, 0) is 51.1 Å². The lowest BCUT2D eigenvalue weighted by Crippen LogP contribution is -2.51. The maximum atomic E-state index is 14.8. The summed E-state index contributed by atoms with van der Waals surface area (Å²) in [6.45, 7) is 6.52. The van der Waals surface area contributed by atoms with Crippen molar-refractivity contribution >= 4 is 23.1 Å². The zero-order chi connectivity index (χ0) is 23.0. The van der Waals surface area contributed by atoms with Crippen molar-refractivity contribution in [2.24, 2.45) is 0 Å². The third-order valence-electron chi connectivity index (χ3n) is 5.02. The molecule has 0 N–H and O–H groups in total. The van der Waals surface area contributed by atoms with Gasteiger partial charge in [0.25, 0.3) is 5.91 Å². The molecule has 2 amide bonds. The summed E-state index contributed by atoms with van der Waals surface area (Å²) in [5.74, 6) is -1.50. The number of benzene rings is 2. The molecule has 1 aliphatic heterocycles. The molecule has 0 saturated carbocycles. The van der Waals surface area contributed by atoms with Gasteiger partial charge in [-0.3, -0.25) is 4.79 Å². The molecule has 0 bridgehead atoms. The summed E-state index contributed by atoms with van der Waals surface area (Å²) in [6.07, 6.45) is -0.432. The Hall–Kier alpha value is -3.49. The van der Waals surface area contributed by atoms with Gasteiger partial charge in [0, 0.05) is 37.8 Å². The van der Waals surface area contributed by atoms with E-state index in [1.165, 1.54) is 46.2 Å². The summed E-state index contributed by atoms with van der Waals surface area (Å²) in [5.41, 5.74) is 0.359. The van der Waals surface area contributed by atoms with E-state index in [0.29, 0.717) is 24.2 Å². The van der Waals surface area contributed by atoms with Gasteiger partial charge < -0.3 is 19.0 Å². The Bertz CT molecular complexity index is 1180. The highest BCUT2D eigenvalue weighted by atomic mass is 19.1. The van der Waals surface area contributed by atoms with Crippen LogP contribution in [0.4, 0.5) is 13.6 Å². The van der Waals surface area contributed by atoms with E-state index in [9.17, 15) is 18.4 Å². The monoisotopic (exact) mass is 443 g/mol. The molecule has 1 fully saturated rings. The van der Waals surface area contributed by atoms with Gasteiger partial charge in [0.05, 0.1) is 5.56 Å². The van der Waals surface area contributed by atoms with Gasteiger partial charge in [0.1, 0.15) is 22.8 Å². The molecule has 0 unspecified atom stereocenters. The van der Waals surface area contributed by atoms with Crippen LogP contribution in [0.25, 0.3) is 22.6 Å². The van der Waals surface area contributed by atoms with Crippen molar-refractivity contribution in [1.82, 2.24) is 14.8 Å². The number of aromatic nitrogens is 1. The molecular weight excluding hydrogens is 420 g/mol. The number of nitrogens with zero attached hydrogens (tertiary/aromatic N) is 3. The van der Waals surface area contributed by atoms with Gasteiger partial charge >= 0.3 is 6.09 Å². The number of oxazole rings is 1. The van der Waals surface area contributed by atoms with Gasteiger partial charge in [-0.1, -0.05) is 0 Å². The van der Waals surface area contributed by atoms with Gasteiger partial charge in [0.15, 0.2) is 5.58 Å². The minimum atomic E-state index is -0.712. The zero-order valence-electron chi connectivity index (χ0n) is 18.0. The molecule has 3 aromatic rings. The third-order valence-corrected chi connectivity index (χ3v) is 5.02. The number of amides is 2. The van der Waals surface area contributed by atoms with E-state index in [-0.39, 0.29) is 30.1 Å². The first kappa shape index (κ1) is 21.7. The van der Waals surface area contributed by atoms with Crippen molar-refractivity contribution in [1.29, 1.82) is 0 Å². The Kier molecular flexibility index (Phi) is 5.58. The molecule has 0 atom stereocenters. The molecule has 1 saturated heterocycles. The highest BCUT2D eigenvalue weighted by Crippen LogP contribution is 2.27. The molecule has 0 aliphatic carbocycles. The molecular formula is C23H23F2N3O4. The number of ether oxygens (including phenoxy) is 1. The molecule has 168 valence electrons. The normalized spacial score (nSPS) is 14.7. The van der Waals surface area contributed by atoms with Crippen molar-refractivity contribution in [2.45, 2.75) is 26.4 Å². The van der Waals surface area contributed by atoms with Crippen LogP contribution in [0.5, 0.6) is 0 Å². The van der Waals surface area contributed by atoms with E-state index in [4.69, 9.17) is 9.15 Å². The Balaban J connectivity index is 1.45. The number of carbonyl (C=O) groups excluding carboxylic acids is 2. The average Bonchev–Trinajstić information content (AvgIpc) is 3.15. The molecule has 0 spiro atoms. The molecule has 32 heavy (non-hydrogen) atoms. The Morgan fingerprint density at radius 3 is 2.34 bits per heavy atom. The fraction of sp³-hybridized carbons (Fsp3) is 0.348. The van der Waals surface area contributed by atoms with Crippen LogP contribution in [0.2, 0.25) is 0 Å². The third kappa shape index (κ3) is 4.56. The van der Waals surface area contributed by atoms with E-state index in [1.807, 2.05) is 0 Å². The average molecular weight is 443 g/mol. The first-order valence-electron chi connectivity index (χ1n) is 10.2. The smallest absolute Gasteiger partial charge is 0.410 e. The molecule has 7 nitrogen and oxygen atoms in total. The molecule has 9 heteroatoms. The predicted molar refractivity (Wildman–Crippen MR) is 113 cm³/mol. The minimum absolute atomic E-state index is 0.0818. The first-order chi connectivity index (χ1) is 15.1. The summed E-state index contributed by atoms with van der Waals surface area (Å²) in [5, 5.41) is 0. The quantitative estimate of drug-likeness (QED) is 0.584. The summed E-state index contributed by atoms with van der Waals surface area (Å²) in [4.78, 5) is 32.3. The van der Waals surface area contributed by atoms with Crippen LogP contribution in [0.3, 0.4) is 0 Å².